The molecule has 0 aliphatic carbocycles. The number of hydrogen-bond acceptors (Lipinski definition) is 6. The van der Waals surface area contributed by atoms with Gasteiger partial charge in [-0.15, -0.1) is 10.2 Å². The van der Waals surface area contributed by atoms with E-state index in [0.717, 1.165) is 39.6 Å². The standard InChI is InChI=1S/C20H19ClN6O/c1-11-7-15-10-22-17(24-18(15)19(21)23-11)9-13-5-6-14(8-16(13)28-4)20-26-25-12(2)27(20)3/h5-8,10H,9H2,1-4H3. The summed E-state index contributed by atoms with van der Waals surface area (Å²) in [4.78, 5) is 13.3. The van der Waals surface area contributed by atoms with Gasteiger partial charge in [0.2, 0.25) is 0 Å². The van der Waals surface area contributed by atoms with Crippen LogP contribution in [0.1, 0.15) is 22.9 Å². The fourth-order valence-electron chi connectivity index (χ4n) is 3.11. The molecule has 3 heterocycles. The first kappa shape index (κ1) is 18.3. The van der Waals surface area contributed by atoms with Crippen molar-refractivity contribution in [2.45, 2.75) is 20.3 Å². The van der Waals surface area contributed by atoms with Gasteiger partial charge in [0.05, 0.1) is 7.11 Å². The summed E-state index contributed by atoms with van der Waals surface area (Å²) in [6.45, 7) is 3.81. The number of pyridine rings is 1. The van der Waals surface area contributed by atoms with Crippen molar-refractivity contribution in [1.82, 2.24) is 29.7 Å². The molecule has 0 aliphatic heterocycles. The Labute approximate surface area is 167 Å². The third-order valence-electron chi connectivity index (χ3n) is 4.69. The molecule has 0 unspecified atom stereocenters. The zero-order valence-corrected chi connectivity index (χ0v) is 16.8. The van der Waals surface area contributed by atoms with Crippen LogP contribution in [0.2, 0.25) is 5.15 Å². The summed E-state index contributed by atoms with van der Waals surface area (Å²) >= 11 is 6.26. The predicted molar refractivity (Wildman–Crippen MR) is 108 cm³/mol. The van der Waals surface area contributed by atoms with E-state index >= 15 is 0 Å². The number of halogens is 1. The Balaban J connectivity index is 1.70. The molecule has 0 amide bonds. The van der Waals surface area contributed by atoms with E-state index in [1.807, 2.05) is 49.7 Å². The van der Waals surface area contributed by atoms with Gasteiger partial charge in [-0.3, -0.25) is 0 Å². The van der Waals surface area contributed by atoms with E-state index in [4.69, 9.17) is 16.3 Å². The van der Waals surface area contributed by atoms with Crippen LogP contribution in [0.25, 0.3) is 22.3 Å². The second-order valence-electron chi connectivity index (χ2n) is 6.61. The maximum absolute atomic E-state index is 6.26. The predicted octanol–water partition coefficient (Wildman–Crippen LogP) is 3.69. The SMILES string of the molecule is COc1cc(-c2nnc(C)n2C)ccc1Cc1ncc2cc(C)nc(Cl)c2n1. The number of ether oxygens (including phenoxy) is 1. The Bertz CT molecular complexity index is 1190. The van der Waals surface area contributed by atoms with E-state index in [9.17, 15) is 0 Å². The second kappa shape index (κ2) is 7.16. The lowest BCUT2D eigenvalue weighted by molar-refractivity contribution is 0.410. The quantitative estimate of drug-likeness (QED) is 0.491. The number of hydrogen-bond donors (Lipinski definition) is 0. The maximum atomic E-state index is 6.26. The average molecular weight is 395 g/mol. The number of nitrogens with zero attached hydrogens (tertiary/aromatic N) is 6. The van der Waals surface area contributed by atoms with Crippen LogP contribution in [0.4, 0.5) is 0 Å². The zero-order chi connectivity index (χ0) is 19.8. The topological polar surface area (TPSA) is 78.6 Å². The van der Waals surface area contributed by atoms with Crippen molar-refractivity contribution < 1.29 is 4.74 Å². The number of rotatable bonds is 4. The molecule has 0 spiro atoms. The number of aromatic nitrogens is 6. The third kappa shape index (κ3) is 3.29. The third-order valence-corrected chi connectivity index (χ3v) is 4.95. The van der Waals surface area contributed by atoms with E-state index in [1.54, 1.807) is 13.3 Å². The highest BCUT2D eigenvalue weighted by atomic mass is 35.5. The molecule has 0 saturated carbocycles. The normalized spacial score (nSPS) is 11.2. The lowest BCUT2D eigenvalue weighted by Gasteiger charge is -2.11. The average Bonchev–Trinajstić information content (AvgIpc) is 3.01. The molecule has 7 nitrogen and oxygen atoms in total. The highest BCUT2D eigenvalue weighted by Gasteiger charge is 2.13. The van der Waals surface area contributed by atoms with Crippen LogP contribution in [0.15, 0.2) is 30.5 Å². The number of fused-ring (bicyclic) bond motifs is 1. The Morgan fingerprint density at radius 2 is 1.93 bits per heavy atom. The summed E-state index contributed by atoms with van der Waals surface area (Å²) in [5.41, 5.74) is 3.40. The summed E-state index contributed by atoms with van der Waals surface area (Å²) < 4.78 is 7.54. The zero-order valence-electron chi connectivity index (χ0n) is 16.1. The molecule has 0 aliphatic rings. The van der Waals surface area contributed by atoms with Crippen LogP contribution in [0.3, 0.4) is 0 Å². The van der Waals surface area contributed by atoms with Gasteiger partial charge in [-0.25, -0.2) is 15.0 Å². The number of benzene rings is 1. The highest BCUT2D eigenvalue weighted by Crippen LogP contribution is 2.28. The van der Waals surface area contributed by atoms with Crippen LogP contribution < -0.4 is 4.74 Å². The molecule has 4 rings (SSSR count). The van der Waals surface area contributed by atoms with Crippen LogP contribution in [0, 0.1) is 13.8 Å². The lowest BCUT2D eigenvalue weighted by atomic mass is 10.1. The smallest absolute Gasteiger partial charge is 0.163 e. The minimum Gasteiger partial charge on any atom is -0.496 e. The van der Waals surface area contributed by atoms with E-state index in [-0.39, 0.29) is 0 Å². The van der Waals surface area contributed by atoms with Gasteiger partial charge in [0.15, 0.2) is 11.0 Å². The molecule has 8 heteroatoms. The highest BCUT2D eigenvalue weighted by molar-refractivity contribution is 6.33. The Morgan fingerprint density at radius 1 is 1.11 bits per heavy atom. The van der Waals surface area contributed by atoms with Crippen LogP contribution in [-0.4, -0.2) is 36.8 Å². The summed E-state index contributed by atoms with van der Waals surface area (Å²) in [6.07, 6.45) is 2.29. The van der Waals surface area contributed by atoms with Crippen molar-refractivity contribution in [1.29, 1.82) is 0 Å². The Hall–Kier alpha value is -3.06. The minimum absolute atomic E-state index is 0.388. The molecule has 0 saturated heterocycles. The molecular formula is C20H19ClN6O. The molecule has 142 valence electrons. The molecule has 28 heavy (non-hydrogen) atoms. The first-order valence-corrected chi connectivity index (χ1v) is 9.16. The first-order valence-electron chi connectivity index (χ1n) is 8.78. The number of methoxy groups -OCH3 is 1. The van der Waals surface area contributed by atoms with Gasteiger partial charge in [-0.05, 0) is 26.0 Å². The van der Waals surface area contributed by atoms with Gasteiger partial charge >= 0.3 is 0 Å². The Morgan fingerprint density at radius 3 is 2.64 bits per heavy atom. The van der Waals surface area contributed by atoms with Gasteiger partial charge in [0.1, 0.15) is 22.9 Å². The first-order chi connectivity index (χ1) is 13.5. The summed E-state index contributed by atoms with van der Waals surface area (Å²) in [5.74, 6) is 3.04. The second-order valence-corrected chi connectivity index (χ2v) is 6.97. The van der Waals surface area contributed by atoms with Crippen LogP contribution in [-0.2, 0) is 13.5 Å². The van der Waals surface area contributed by atoms with Crippen molar-refractivity contribution in [2.75, 3.05) is 7.11 Å². The maximum Gasteiger partial charge on any atom is 0.163 e. The molecule has 0 bridgehead atoms. The van der Waals surface area contributed by atoms with Gasteiger partial charge in [0.25, 0.3) is 0 Å². The van der Waals surface area contributed by atoms with Crippen molar-refractivity contribution in [2.24, 2.45) is 7.05 Å². The van der Waals surface area contributed by atoms with Crippen molar-refractivity contribution in [3.8, 4) is 17.1 Å². The van der Waals surface area contributed by atoms with E-state index in [1.165, 1.54) is 0 Å². The molecule has 4 aromatic rings. The fraction of sp³-hybridized carbons (Fsp3) is 0.250. The van der Waals surface area contributed by atoms with Crippen molar-refractivity contribution in [3.63, 3.8) is 0 Å². The summed E-state index contributed by atoms with van der Waals surface area (Å²) in [5, 5.41) is 9.62. The Kier molecular flexibility index (Phi) is 4.68. The largest absolute Gasteiger partial charge is 0.496 e. The van der Waals surface area contributed by atoms with E-state index in [2.05, 4.69) is 25.1 Å². The van der Waals surface area contributed by atoms with Gasteiger partial charge in [-0.1, -0.05) is 23.7 Å². The van der Waals surface area contributed by atoms with E-state index in [0.29, 0.717) is 22.9 Å². The minimum atomic E-state index is 0.388. The lowest BCUT2D eigenvalue weighted by Crippen LogP contribution is -2.01. The fourth-order valence-corrected chi connectivity index (χ4v) is 3.39. The molecule has 0 atom stereocenters. The van der Waals surface area contributed by atoms with Crippen LogP contribution in [0.5, 0.6) is 5.75 Å². The van der Waals surface area contributed by atoms with Gasteiger partial charge in [0, 0.05) is 41.9 Å². The molecule has 1 aromatic carbocycles. The molecule has 0 N–H and O–H groups in total. The summed E-state index contributed by atoms with van der Waals surface area (Å²) in [6, 6.07) is 7.88. The molecule has 0 radical (unpaired) electrons. The van der Waals surface area contributed by atoms with Gasteiger partial charge < -0.3 is 9.30 Å². The summed E-state index contributed by atoms with van der Waals surface area (Å²) in [7, 11) is 3.59. The molecule has 3 aromatic heterocycles. The monoisotopic (exact) mass is 394 g/mol. The molecule has 0 fully saturated rings. The van der Waals surface area contributed by atoms with Crippen molar-refractivity contribution in [3.05, 3.63) is 58.5 Å². The van der Waals surface area contributed by atoms with E-state index < -0.39 is 0 Å². The number of aryl methyl sites for hydroxylation is 2. The van der Waals surface area contributed by atoms with Crippen molar-refractivity contribution >= 4 is 22.5 Å². The van der Waals surface area contributed by atoms with Crippen LogP contribution >= 0.6 is 11.6 Å². The van der Waals surface area contributed by atoms with Gasteiger partial charge in [-0.2, -0.15) is 0 Å². The molecular weight excluding hydrogens is 376 g/mol.